The molecule has 0 aliphatic heterocycles. The number of ether oxygens (including phenoxy) is 1. The number of carbonyl (C=O) groups excluding carboxylic acids is 1. The van der Waals surface area contributed by atoms with Gasteiger partial charge in [0.2, 0.25) is 5.91 Å². The second kappa shape index (κ2) is 5.90. The number of aliphatic carboxylic acids is 1. The van der Waals surface area contributed by atoms with Gasteiger partial charge in [-0.25, -0.2) is 9.18 Å². The molecule has 6 heteroatoms. The summed E-state index contributed by atoms with van der Waals surface area (Å²) in [7, 11) is 2.77. The zero-order valence-corrected chi connectivity index (χ0v) is 11.9. The first-order chi connectivity index (χ1) is 9.20. The fourth-order valence-corrected chi connectivity index (χ4v) is 1.57. The number of carboxylic acid groups (broad SMARTS) is 1. The van der Waals surface area contributed by atoms with Crippen molar-refractivity contribution in [3.8, 4) is 5.75 Å². The third-order valence-corrected chi connectivity index (χ3v) is 3.31. The lowest BCUT2D eigenvalue weighted by Crippen LogP contribution is -2.51. The summed E-state index contributed by atoms with van der Waals surface area (Å²) in [6.07, 6.45) is -0.0753. The number of methoxy groups -OCH3 is 1. The maximum absolute atomic E-state index is 13.5. The molecule has 0 fully saturated rings. The molecule has 0 unspecified atom stereocenters. The van der Waals surface area contributed by atoms with Crippen molar-refractivity contribution in [2.45, 2.75) is 25.8 Å². The average molecular weight is 283 g/mol. The molecule has 1 amide bonds. The first-order valence-electron chi connectivity index (χ1n) is 6.02. The molecule has 1 rings (SSSR count). The Labute approximate surface area is 117 Å². The lowest BCUT2D eigenvalue weighted by Gasteiger charge is -2.31. The molecule has 0 radical (unpaired) electrons. The lowest BCUT2D eigenvalue weighted by atomic mass is 10.0. The van der Waals surface area contributed by atoms with E-state index in [0.717, 1.165) is 4.90 Å². The molecule has 0 saturated heterocycles. The van der Waals surface area contributed by atoms with Gasteiger partial charge >= 0.3 is 5.97 Å². The number of carboxylic acids is 1. The molecule has 0 saturated carbocycles. The summed E-state index contributed by atoms with van der Waals surface area (Å²) < 4.78 is 18.3. The maximum Gasteiger partial charge on any atom is 0.329 e. The standard InChI is InChI=1S/C14H18FNO4/c1-14(2,13(18)19)16(3)12(17)8-9-5-6-11(20-4)10(15)7-9/h5-7H,8H2,1-4H3,(H,18,19). The van der Waals surface area contributed by atoms with Gasteiger partial charge in [0.1, 0.15) is 5.54 Å². The molecule has 0 heterocycles. The van der Waals surface area contributed by atoms with Crippen molar-refractivity contribution in [1.29, 1.82) is 0 Å². The van der Waals surface area contributed by atoms with E-state index in [-0.39, 0.29) is 12.2 Å². The third kappa shape index (κ3) is 3.26. The lowest BCUT2D eigenvalue weighted by molar-refractivity contribution is -0.155. The minimum Gasteiger partial charge on any atom is -0.494 e. The molecular weight excluding hydrogens is 265 g/mol. The first-order valence-corrected chi connectivity index (χ1v) is 6.02. The van der Waals surface area contributed by atoms with Crippen molar-refractivity contribution < 1.29 is 23.8 Å². The fourth-order valence-electron chi connectivity index (χ4n) is 1.57. The van der Waals surface area contributed by atoms with Crippen molar-refractivity contribution in [1.82, 2.24) is 4.90 Å². The molecular formula is C14H18FNO4. The molecule has 20 heavy (non-hydrogen) atoms. The predicted molar refractivity (Wildman–Crippen MR) is 71.1 cm³/mol. The first kappa shape index (κ1) is 15.9. The number of rotatable bonds is 5. The van der Waals surface area contributed by atoms with Crippen LogP contribution in [0.5, 0.6) is 5.75 Å². The van der Waals surface area contributed by atoms with Gasteiger partial charge < -0.3 is 14.7 Å². The highest BCUT2D eigenvalue weighted by molar-refractivity contribution is 5.87. The number of benzene rings is 1. The van der Waals surface area contributed by atoms with E-state index >= 15 is 0 Å². The van der Waals surface area contributed by atoms with E-state index in [9.17, 15) is 14.0 Å². The molecule has 0 atom stereocenters. The summed E-state index contributed by atoms with van der Waals surface area (Å²) in [5.74, 6) is -1.96. The van der Waals surface area contributed by atoms with Crippen LogP contribution in [0.15, 0.2) is 18.2 Å². The second-order valence-electron chi connectivity index (χ2n) is 4.96. The van der Waals surface area contributed by atoms with Gasteiger partial charge in [-0.2, -0.15) is 0 Å². The highest BCUT2D eigenvalue weighted by atomic mass is 19.1. The summed E-state index contributed by atoms with van der Waals surface area (Å²) in [5, 5.41) is 9.07. The Morgan fingerprint density at radius 3 is 2.45 bits per heavy atom. The van der Waals surface area contributed by atoms with Crippen LogP contribution >= 0.6 is 0 Å². The van der Waals surface area contributed by atoms with E-state index in [1.54, 1.807) is 6.07 Å². The van der Waals surface area contributed by atoms with Crippen molar-refractivity contribution in [3.63, 3.8) is 0 Å². The van der Waals surface area contributed by atoms with Crippen molar-refractivity contribution in [2.24, 2.45) is 0 Å². The van der Waals surface area contributed by atoms with E-state index in [0.29, 0.717) is 5.56 Å². The SMILES string of the molecule is COc1ccc(CC(=O)N(C)C(C)(C)C(=O)O)cc1F. The van der Waals surface area contributed by atoms with Crippen LogP contribution in [0.4, 0.5) is 4.39 Å². The molecule has 110 valence electrons. The summed E-state index contributed by atoms with van der Waals surface area (Å²) in [4.78, 5) is 24.3. The van der Waals surface area contributed by atoms with E-state index in [2.05, 4.69) is 0 Å². The van der Waals surface area contributed by atoms with Gasteiger partial charge in [-0.1, -0.05) is 6.07 Å². The number of halogens is 1. The number of amides is 1. The summed E-state index contributed by atoms with van der Waals surface area (Å²) in [6.45, 7) is 2.86. The Balaban J connectivity index is 2.86. The van der Waals surface area contributed by atoms with Gasteiger partial charge in [-0.05, 0) is 31.5 Å². The Hall–Kier alpha value is -2.11. The van der Waals surface area contributed by atoms with E-state index < -0.39 is 23.2 Å². The molecule has 0 aliphatic rings. The molecule has 1 aromatic rings. The fraction of sp³-hybridized carbons (Fsp3) is 0.429. The number of hydrogen-bond acceptors (Lipinski definition) is 3. The zero-order valence-electron chi connectivity index (χ0n) is 11.9. The van der Waals surface area contributed by atoms with Crippen LogP contribution in [0.25, 0.3) is 0 Å². The Morgan fingerprint density at radius 2 is 2.00 bits per heavy atom. The monoisotopic (exact) mass is 283 g/mol. The minimum atomic E-state index is -1.32. The highest BCUT2D eigenvalue weighted by Gasteiger charge is 2.34. The van der Waals surface area contributed by atoms with Crippen LogP contribution in [-0.2, 0) is 16.0 Å². The van der Waals surface area contributed by atoms with Gasteiger partial charge in [-0.15, -0.1) is 0 Å². The number of nitrogens with zero attached hydrogens (tertiary/aromatic N) is 1. The summed E-state index contributed by atoms with van der Waals surface area (Å²) in [5.41, 5.74) is -0.858. The average Bonchev–Trinajstić information content (AvgIpc) is 2.37. The van der Waals surface area contributed by atoms with Crippen molar-refractivity contribution >= 4 is 11.9 Å². The van der Waals surface area contributed by atoms with Crippen LogP contribution in [-0.4, -0.2) is 41.6 Å². The van der Waals surface area contributed by atoms with E-state index in [1.807, 2.05) is 0 Å². The molecule has 0 aliphatic carbocycles. The maximum atomic E-state index is 13.5. The Morgan fingerprint density at radius 1 is 1.40 bits per heavy atom. The molecule has 5 nitrogen and oxygen atoms in total. The highest BCUT2D eigenvalue weighted by Crippen LogP contribution is 2.19. The van der Waals surface area contributed by atoms with Gasteiger partial charge in [0.25, 0.3) is 0 Å². The Bertz CT molecular complexity index is 528. The van der Waals surface area contributed by atoms with Gasteiger partial charge in [0.05, 0.1) is 13.5 Å². The van der Waals surface area contributed by atoms with Crippen LogP contribution in [0.1, 0.15) is 19.4 Å². The summed E-state index contributed by atoms with van der Waals surface area (Å²) in [6, 6.07) is 4.21. The normalized spacial score (nSPS) is 11.1. The zero-order chi connectivity index (χ0) is 15.5. The largest absolute Gasteiger partial charge is 0.494 e. The van der Waals surface area contributed by atoms with Gasteiger partial charge in [0, 0.05) is 7.05 Å². The molecule has 0 spiro atoms. The van der Waals surface area contributed by atoms with Crippen LogP contribution in [0.3, 0.4) is 0 Å². The van der Waals surface area contributed by atoms with Crippen LogP contribution in [0.2, 0.25) is 0 Å². The van der Waals surface area contributed by atoms with Gasteiger partial charge in [-0.3, -0.25) is 4.79 Å². The number of likely N-dealkylation sites (N-methyl/N-ethyl adjacent to an activating group) is 1. The van der Waals surface area contributed by atoms with Crippen LogP contribution in [0, 0.1) is 5.82 Å². The number of carbonyl (C=O) groups is 2. The van der Waals surface area contributed by atoms with Crippen molar-refractivity contribution in [3.05, 3.63) is 29.6 Å². The topological polar surface area (TPSA) is 66.8 Å². The molecule has 1 aromatic carbocycles. The van der Waals surface area contributed by atoms with E-state index in [1.165, 1.54) is 40.1 Å². The Kier molecular flexibility index (Phi) is 4.70. The molecule has 1 N–H and O–H groups in total. The predicted octanol–water partition coefficient (Wildman–Crippen LogP) is 1.70. The smallest absolute Gasteiger partial charge is 0.329 e. The quantitative estimate of drug-likeness (QED) is 0.893. The second-order valence-corrected chi connectivity index (χ2v) is 4.96. The van der Waals surface area contributed by atoms with Crippen molar-refractivity contribution in [2.75, 3.05) is 14.2 Å². The van der Waals surface area contributed by atoms with Gasteiger partial charge in [0.15, 0.2) is 11.6 Å². The molecule has 0 aromatic heterocycles. The van der Waals surface area contributed by atoms with E-state index in [4.69, 9.17) is 9.84 Å². The number of hydrogen-bond donors (Lipinski definition) is 1. The third-order valence-electron chi connectivity index (χ3n) is 3.31. The summed E-state index contributed by atoms with van der Waals surface area (Å²) >= 11 is 0. The minimum absolute atomic E-state index is 0.0753. The molecule has 0 bridgehead atoms. The van der Waals surface area contributed by atoms with Crippen LogP contribution < -0.4 is 4.74 Å².